The fourth-order valence-corrected chi connectivity index (χ4v) is 2.19. The van der Waals surface area contributed by atoms with E-state index in [2.05, 4.69) is 49.2 Å². The number of ether oxygens (including phenoxy) is 1. The lowest BCUT2D eigenvalue weighted by Crippen LogP contribution is -2.43. The number of hydrogen-bond donors (Lipinski definition) is 1. The van der Waals surface area contributed by atoms with Crippen molar-refractivity contribution in [2.24, 2.45) is 0 Å². The largest absolute Gasteiger partial charge is 0.490 e. The molecule has 1 N–H and O–H groups in total. The zero-order valence-electron chi connectivity index (χ0n) is 11.7. The van der Waals surface area contributed by atoms with Crippen LogP contribution in [0.25, 0.3) is 0 Å². The van der Waals surface area contributed by atoms with Crippen LogP contribution in [0.15, 0.2) is 18.2 Å². The first kappa shape index (κ1) is 13.2. The maximum Gasteiger partial charge on any atom is 0.122 e. The molecule has 0 amide bonds. The van der Waals surface area contributed by atoms with Crippen LogP contribution >= 0.6 is 0 Å². The second kappa shape index (κ2) is 6.10. The highest BCUT2D eigenvalue weighted by atomic mass is 16.5. The molecule has 1 aliphatic rings. The second-order valence-corrected chi connectivity index (χ2v) is 5.02. The third-order valence-corrected chi connectivity index (χ3v) is 3.54. The Morgan fingerprint density at radius 1 is 1.33 bits per heavy atom. The molecule has 0 aromatic heterocycles. The van der Waals surface area contributed by atoms with E-state index >= 15 is 0 Å². The first-order chi connectivity index (χ1) is 8.70. The third kappa shape index (κ3) is 3.16. The SMILES string of the molecule is CCC(C)Oc1ccc(N2CCNCC2)cc1C. The van der Waals surface area contributed by atoms with Crippen LogP contribution in [0.1, 0.15) is 25.8 Å². The van der Waals surface area contributed by atoms with Crippen molar-refractivity contribution < 1.29 is 4.74 Å². The molecule has 1 aromatic rings. The lowest BCUT2D eigenvalue weighted by atomic mass is 10.1. The quantitative estimate of drug-likeness (QED) is 0.886. The average molecular weight is 248 g/mol. The first-order valence-corrected chi connectivity index (χ1v) is 6.93. The number of rotatable bonds is 4. The number of nitrogens with zero attached hydrogens (tertiary/aromatic N) is 1. The molecule has 1 aromatic carbocycles. The Morgan fingerprint density at radius 2 is 2.06 bits per heavy atom. The van der Waals surface area contributed by atoms with Crippen LogP contribution < -0.4 is 15.0 Å². The van der Waals surface area contributed by atoms with E-state index in [1.54, 1.807) is 0 Å². The van der Waals surface area contributed by atoms with Crippen molar-refractivity contribution in [3.63, 3.8) is 0 Å². The highest BCUT2D eigenvalue weighted by molar-refractivity contribution is 5.53. The van der Waals surface area contributed by atoms with Crippen molar-refractivity contribution >= 4 is 5.69 Å². The Balaban J connectivity index is 2.08. The molecule has 1 heterocycles. The van der Waals surface area contributed by atoms with Gasteiger partial charge in [0.25, 0.3) is 0 Å². The molecule has 0 saturated carbocycles. The van der Waals surface area contributed by atoms with Crippen molar-refractivity contribution in [1.29, 1.82) is 0 Å². The van der Waals surface area contributed by atoms with Crippen molar-refractivity contribution in [3.8, 4) is 5.75 Å². The van der Waals surface area contributed by atoms with Gasteiger partial charge in [-0.15, -0.1) is 0 Å². The maximum atomic E-state index is 5.91. The molecule has 2 rings (SSSR count). The summed E-state index contributed by atoms with van der Waals surface area (Å²) in [5.41, 5.74) is 2.54. The van der Waals surface area contributed by atoms with Crippen LogP contribution in [-0.2, 0) is 0 Å². The molecule has 1 saturated heterocycles. The van der Waals surface area contributed by atoms with E-state index in [0.717, 1.165) is 38.3 Å². The van der Waals surface area contributed by atoms with Crippen molar-refractivity contribution in [3.05, 3.63) is 23.8 Å². The molecule has 100 valence electrons. The van der Waals surface area contributed by atoms with Gasteiger partial charge in [0.05, 0.1) is 6.10 Å². The minimum atomic E-state index is 0.286. The second-order valence-electron chi connectivity index (χ2n) is 5.02. The van der Waals surface area contributed by atoms with E-state index in [1.165, 1.54) is 11.3 Å². The summed E-state index contributed by atoms with van der Waals surface area (Å²) in [6, 6.07) is 6.53. The van der Waals surface area contributed by atoms with Gasteiger partial charge < -0.3 is 15.0 Å². The Labute approximate surface area is 110 Å². The molecule has 0 radical (unpaired) electrons. The minimum Gasteiger partial charge on any atom is -0.490 e. The van der Waals surface area contributed by atoms with Gasteiger partial charge in [-0.1, -0.05) is 6.92 Å². The summed E-state index contributed by atoms with van der Waals surface area (Å²) in [6.07, 6.45) is 1.33. The number of aryl methyl sites for hydroxylation is 1. The van der Waals surface area contributed by atoms with Crippen LogP contribution in [0.5, 0.6) is 5.75 Å². The van der Waals surface area contributed by atoms with Crippen LogP contribution in [0.3, 0.4) is 0 Å². The Kier molecular flexibility index (Phi) is 4.48. The van der Waals surface area contributed by atoms with Crippen LogP contribution in [-0.4, -0.2) is 32.3 Å². The summed E-state index contributed by atoms with van der Waals surface area (Å²) < 4.78 is 5.91. The molecule has 1 unspecified atom stereocenters. The van der Waals surface area contributed by atoms with Gasteiger partial charge >= 0.3 is 0 Å². The van der Waals surface area contributed by atoms with Gasteiger partial charge in [-0.2, -0.15) is 0 Å². The van der Waals surface area contributed by atoms with Gasteiger partial charge in [0, 0.05) is 31.9 Å². The normalized spacial score (nSPS) is 17.6. The molecule has 3 heteroatoms. The summed E-state index contributed by atoms with van der Waals surface area (Å²) in [7, 11) is 0. The van der Waals surface area contributed by atoms with Crippen molar-refractivity contribution in [1.82, 2.24) is 5.32 Å². The Hall–Kier alpha value is -1.22. The maximum absolute atomic E-state index is 5.91. The smallest absolute Gasteiger partial charge is 0.122 e. The monoisotopic (exact) mass is 248 g/mol. The number of piperazine rings is 1. The van der Waals surface area contributed by atoms with Gasteiger partial charge in [0.15, 0.2) is 0 Å². The zero-order valence-corrected chi connectivity index (χ0v) is 11.7. The van der Waals surface area contributed by atoms with Crippen LogP contribution in [0, 0.1) is 6.92 Å². The number of anilines is 1. The molecule has 1 fully saturated rings. The lowest BCUT2D eigenvalue weighted by Gasteiger charge is -2.30. The summed E-state index contributed by atoms with van der Waals surface area (Å²) in [4.78, 5) is 2.43. The Bertz CT molecular complexity index is 386. The molecule has 0 bridgehead atoms. The summed E-state index contributed by atoms with van der Waals surface area (Å²) in [5, 5.41) is 3.38. The van der Waals surface area contributed by atoms with Gasteiger partial charge in [-0.05, 0) is 44.0 Å². The predicted molar refractivity (Wildman–Crippen MR) is 76.6 cm³/mol. The third-order valence-electron chi connectivity index (χ3n) is 3.54. The van der Waals surface area contributed by atoms with Crippen LogP contribution in [0.2, 0.25) is 0 Å². The molecule has 3 nitrogen and oxygen atoms in total. The average Bonchev–Trinajstić information content (AvgIpc) is 2.42. The topological polar surface area (TPSA) is 24.5 Å². The van der Waals surface area contributed by atoms with Crippen molar-refractivity contribution in [2.75, 3.05) is 31.1 Å². The predicted octanol–water partition coefficient (Wildman–Crippen LogP) is 2.58. The van der Waals surface area contributed by atoms with Gasteiger partial charge in [-0.3, -0.25) is 0 Å². The fourth-order valence-electron chi connectivity index (χ4n) is 2.19. The molecular weight excluding hydrogens is 224 g/mol. The van der Waals surface area contributed by atoms with Gasteiger partial charge in [0.2, 0.25) is 0 Å². The molecule has 0 aliphatic carbocycles. The van der Waals surface area contributed by atoms with Crippen molar-refractivity contribution in [2.45, 2.75) is 33.3 Å². The van der Waals surface area contributed by atoms with E-state index in [4.69, 9.17) is 4.74 Å². The van der Waals surface area contributed by atoms with E-state index in [-0.39, 0.29) is 6.10 Å². The molecule has 0 spiro atoms. The standard InChI is InChI=1S/C15H24N2O/c1-4-13(3)18-15-6-5-14(11-12(15)2)17-9-7-16-8-10-17/h5-6,11,13,16H,4,7-10H2,1-3H3. The van der Waals surface area contributed by atoms with Gasteiger partial charge in [0.1, 0.15) is 5.75 Å². The fraction of sp³-hybridized carbons (Fsp3) is 0.600. The number of hydrogen-bond acceptors (Lipinski definition) is 3. The van der Waals surface area contributed by atoms with E-state index in [1.807, 2.05) is 0 Å². The lowest BCUT2D eigenvalue weighted by molar-refractivity contribution is 0.216. The highest BCUT2D eigenvalue weighted by Crippen LogP contribution is 2.25. The molecule has 1 aliphatic heterocycles. The number of benzene rings is 1. The van der Waals surface area contributed by atoms with Crippen LogP contribution in [0.4, 0.5) is 5.69 Å². The summed E-state index contributed by atoms with van der Waals surface area (Å²) in [5.74, 6) is 1.02. The van der Waals surface area contributed by atoms with E-state index in [0.29, 0.717) is 0 Å². The summed E-state index contributed by atoms with van der Waals surface area (Å²) >= 11 is 0. The Morgan fingerprint density at radius 3 is 2.67 bits per heavy atom. The van der Waals surface area contributed by atoms with E-state index in [9.17, 15) is 0 Å². The molecule has 1 atom stereocenters. The summed E-state index contributed by atoms with van der Waals surface area (Å²) in [6.45, 7) is 10.7. The molecular formula is C15H24N2O. The highest BCUT2D eigenvalue weighted by Gasteiger charge is 2.12. The first-order valence-electron chi connectivity index (χ1n) is 6.93. The number of nitrogens with one attached hydrogen (secondary N) is 1. The molecule has 18 heavy (non-hydrogen) atoms. The van der Waals surface area contributed by atoms with Gasteiger partial charge in [-0.25, -0.2) is 0 Å². The zero-order chi connectivity index (χ0) is 13.0. The minimum absolute atomic E-state index is 0.286. The van der Waals surface area contributed by atoms with E-state index < -0.39 is 0 Å².